The van der Waals surface area contributed by atoms with Crippen LogP contribution in [0.3, 0.4) is 0 Å². The van der Waals surface area contributed by atoms with Gasteiger partial charge in [0.2, 0.25) is 0 Å². The molecule has 0 aromatic rings. The molecule has 0 aromatic carbocycles. The lowest BCUT2D eigenvalue weighted by atomic mass is 10.1. The highest BCUT2D eigenvalue weighted by Crippen LogP contribution is 2.05. The number of unbranched alkanes of at least 4 members (excludes halogenated alkanes) is 5. The monoisotopic (exact) mass is 259 g/mol. The van der Waals surface area contributed by atoms with Crippen LogP contribution >= 0.6 is 0 Å². The van der Waals surface area contributed by atoms with E-state index in [0.29, 0.717) is 6.04 Å². The van der Waals surface area contributed by atoms with Gasteiger partial charge in [0.25, 0.3) is 0 Å². The topological polar surface area (TPSA) is 30.5 Å². The van der Waals surface area contributed by atoms with Crippen molar-refractivity contribution < 1.29 is 9.47 Å². The van der Waals surface area contributed by atoms with Gasteiger partial charge in [-0.05, 0) is 19.4 Å². The van der Waals surface area contributed by atoms with Gasteiger partial charge in [-0.1, -0.05) is 46.0 Å². The van der Waals surface area contributed by atoms with E-state index in [2.05, 4.69) is 19.2 Å². The van der Waals surface area contributed by atoms with Crippen LogP contribution in [-0.2, 0) is 9.47 Å². The van der Waals surface area contributed by atoms with Crippen LogP contribution in [0.25, 0.3) is 0 Å². The summed E-state index contributed by atoms with van der Waals surface area (Å²) in [5.41, 5.74) is 0. The Balaban J connectivity index is 3.31. The van der Waals surface area contributed by atoms with E-state index in [4.69, 9.17) is 9.47 Å². The maximum atomic E-state index is 5.71. The fourth-order valence-corrected chi connectivity index (χ4v) is 1.93. The number of hydrogen-bond acceptors (Lipinski definition) is 3. The predicted octanol–water partition coefficient (Wildman–Crippen LogP) is 3.38. The molecule has 0 saturated carbocycles. The van der Waals surface area contributed by atoms with Crippen molar-refractivity contribution in [2.45, 2.75) is 64.8 Å². The summed E-state index contributed by atoms with van der Waals surface area (Å²) in [5, 5.41) is 3.44. The Morgan fingerprint density at radius 2 is 1.61 bits per heavy atom. The fraction of sp³-hybridized carbons (Fsp3) is 1.00. The van der Waals surface area contributed by atoms with Crippen LogP contribution in [0.15, 0.2) is 0 Å². The van der Waals surface area contributed by atoms with Gasteiger partial charge in [-0.3, -0.25) is 0 Å². The molecule has 18 heavy (non-hydrogen) atoms. The molecule has 0 fully saturated rings. The van der Waals surface area contributed by atoms with Crippen molar-refractivity contribution in [3.63, 3.8) is 0 Å². The van der Waals surface area contributed by atoms with Gasteiger partial charge in [-0.25, -0.2) is 0 Å². The first-order valence-electron chi connectivity index (χ1n) is 7.65. The van der Waals surface area contributed by atoms with Crippen molar-refractivity contribution in [1.29, 1.82) is 0 Å². The highest BCUT2D eigenvalue weighted by Gasteiger charge is 2.06. The third kappa shape index (κ3) is 12.3. The van der Waals surface area contributed by atoms with Crippen LogP contribution in [0.5, 0.6) is 0 Å². The zero-order valence-electron chi connectivity index (χ0n) is 12.7. The number of ether oxygens (including phenoxy) is 2. The van der Waals surface area contributed by atoms with Crippen molar-refractivity contribution in [3.05, 3.63) is 0 Å². The van der Waals surface area contributed by atoms with E-state index in [1.807, 2.05) is 0 Å². The summed E-state index contributed by atoms with van der Waals surface area (Å²) in [5.74, 6) is 0. The summed E-state index contributed by atoms with van der Waals surface area (Å²) < 4.78 is 10.9. The second kappa shape index (κ2) is 14.9. The van der Waals surface area contributed by atoms with Gasteiger partial charge in [0.05, 0.1) is 19.3 Å². The first-order valence-corrected chi connectivity index (χ1v) is 7.65. The Labute approximate surface area is 114 Å². The highest BCUT2D eigenvalue weighted by molar-refractivity contribution is 4.64. The molecule has 3 nitrogen and oxygen atoms in total. The first kappa shape index (κ1) is 17.9. The largest absolute Gasteiger partial charge is 0.383 e. The smallest absolute Gasteiger partial charge is 0.0642 e. The van der Waals surface area contributed by atoms with Crippen molar-refractivity contribution in [2.24, 2.45) is 0 Å². The molecule has 0 saturated heterocycles. The van der Waals surface area contributed by atoms with E-state index in [9.17, 15) is 0 Å². The lowest BCUT2D eigenvalue weighted by molar-refractivity contribution is 0.0723. The zero-order chi connectivity index (χ0) is 13.5. The minimum absolute atomic E-state index is 0.343. The summed E-state index contributed by atoms with van der Waals surface area (Å²) in [6.07, 6.45) is 9.07. The van der Waals surface area contributed by atoms with Crippen molar-refractivity contribution in [3.8, 4) is 0 Å². The van der Waals surface area contributed by atoms with E-state index in [1.54, 1.807) is 7.11 Å². The summed E-state index contributed by atoms with van der Waals surface area (Å²) in [6.45, 7) is 7.85. The van der Waals surface area contributed by atoms with Crippen LogP contribution in [0, 0.1) is 0 Å². The molecule has 0 aliphatic rings. The molecule has 0 aliphatic heterocycles. The Morgan fingerprint density at radius 1 is 0.889 bits per heavy atom. The van der Waals surface area contributed by atoms with Crippen LogP contribution in [0.1, 0.15) is 58.8 Å². The average Bonchev–Trinajstić information content (AvgIpc) is 2.39. The molecule has 3 heteroatoms. The number of rotatable bonds is 14. The molecule has 1 atom stereocenters. The third-order valence-electron chi connectivity index (χ3n) is 3.01. The minimum Gasteiger partial charge on any atom is -0.383 e. The standard InChI is InChI=1S/C15H33NO2/c1-4-6-7-8-9-10-12-18-14-15(13-17-3)16-11-5-2/h15-16H,4-14H2,1-3H3. The molecule has 0 amide bonds. The van der Waals surface area contributed by atoms with Crippen molar-refractivity contribution in [1.82, 2.24) is 5.32 Å². The molecule has 0 rings (SSSR count). The minimum atomic E-state index is 0.343. The molecule has 0 aliphatic carbocycles. The Kier molecular flexibility index (Phi) is 14.8. The SMILES string of the molecule is CCCCCCCCOCC(COC)NCCC. The molecule has 0 bridgehead atoms. The molecule has 0 heterocycles. The van der Waals surface area contributed by atoms with Crippen LogP contribution in [-0.4, -0.2) is 39.5 Å². The fourth-order valence-electron chi connectivity index (χ4n) is 1.93. The van der Waals surface area contributed by atoms with Crippen molar-refractivity contribution >= 4 is 0 Å². The van der Waals surface area contributed by atoms with Gasteiger partial charge in [0, 0.05) is 13.7 Å². The second-order valence-electron chi connectivity index (χ2n) is 4.95. The van der Waals surface area contributed by atoms with Crippen LogP contribution in [0.4, 0.5) is 0 Å². The molecule has 110 valence electrons. The first-order chi connectivity index (χ1) is 8.85. The Morgan fingerprint density at radius 3 is 2.28 bits per heavy atom. The predicted molar refractivity (Wildman–Crippen MR) is 78.2 cm³/mol. The lowest BCUT2D eigenvalue weighted by Crippen LogP contribution is -2.37. The van der Waals surface area contributed by atoms with E-state index in [0.717, 1.165) is 32.8 Å². The molecular formula is C15H33NO2. The average molecular weight is 259 g/mol. The summed E-state index contributed by atoms with van der Waals surface area (Å²) in [7, 11) is 1.74. The lowest BCUT2D eigenvalue weighted by Gasteiger charge is -2.17. The summed E-state index contributed by atoms with van der Waals surface area (Å²) in [6, 6.07) is 0.343. The van der Waals surface area contributed by atoms with Crippen LogP contribution < -0.4 is 5.32 Å². The van der Waals surface area contributed by atoms with E-state index >= 15 is 0 Å². The maximum Gasteiger partial charge on any atom is 0.0642 e. The van der Waals surface area contributed by atoms with E-state index in [1.165, 1.54) is 38.5 Å². The number of hydrogen-bond donors (Lipinski definition) is 1. The van der Waals surface area contributed by atoms with Crippen LogP contribution in [0.2, 0.25) is 0 Å². The van der Waals surface area contributed by atoms with Gasteiger partial charge < -0.3 is 14.8 Å². The molecule has 0 spiro atoms. The molecule has 1 unspecified atom stereocenters. The third-order valence-corrected chi connectivity index (χ3v) is 3.01. The van der Waals surface area contributed by atoms with E-state index in [-0.39, 0.29) is 0 Å². The van der Waals surface area contributed by atoms with Gasteiger partial charge in [0.1, 0.15) is 0 Å². The molecule has 0 radical (unpaired) electrons. The number of nitrogens with one attached hydrogen (secondary N) is 1. The molecular weight excluding hydrogens is 226 g/mol. The highest BCUT2D eigenvalue weighted by atomic mass is 16.5. The van der Waals surface area contributed by atoms with Gasteiger partial charge in [0.15, 0.2) is 0 Å². The second-order valence-corrected chi connectivity index (χ2v) is 4.95. The maximum absolute atomic E-state index is 5.71. The normalized spacial score (nSPS) is 12.8. The van der Waals surface area contributed by atoms with Gasteiger partial charge in [-0.2, -0.15) is 0 Å². The number of methoxy groups -OCH3 is 1. The summed E-state index contributed by atoms with van der Waals surface area (Å²) >= 11 is 0. The molecule has 0 aromatic heterocycles. The Bertz CT molecular complexity index is 153. The van der Waals surface area contributed by atoms with E-state index < -0.39 is 0 Å². The molecule has 1 N–H and O–H groups in total. The quantitative estimate of drug-likeness (QED) is 0.485. The van der Waals surface area contributed by atoms with Gasteiger partial charge >= 0.3 is 0 Å². The van der Waals surface area contributed by atoms with Gasteiger partial charge in [-0.15, -0.1) is 0 Å². The van der Waals surface area contributed by atoms with Crippen molar-refractivity contribution in [2.75, 3.05) is 33.5 Å². The summed E-state index contributed by atoms with van der Waals surface area (Å²) in [4.78, 5) is 0. The zero-order valence-corrected chi connectivity index (χ0v) is 12.7. The Hall–Kier alpha value is -0.120.